The zero-order valence-corrected chi connectivity index (χ0v) is 9.87. The van der Waals surface area contributed by atoms with E-state index in [-0.39, 0.29) is 5.82 Å². The fourth-order valence-electron chi connectivity index (χ4n) is 0.810. The molecule has 0 fully saturated rings. The molecular formula is C9H14BrFN2. The van der Waals surface area contributed by atoms with Gasteiger partial charge in [-0.3, -0.25) is 0 Å². The smallest absolute Gasteiger partial charge is 0.156 e. The van der Waals surface area contributed by atoms with Crippen molar-refractivity contribution in [2.24, 2.45) is 0 Å². The second-order valence-corrected chi connectivity index (χ2v) is 2.94. The number of rotatable bonds is 1. The molecule has 0 radical (unpaired) electrons. The van der Waals surface area contributed by atoms with Gasteiger partial charge >= 0.3 is 0 Å². The molecule has 0 saturated carbocycles. The minimum atomic E-state index is -0.332. The third kappa shape index (κ3) is 2.95. The van der Waals surface area contributed by atoms with Crippen LogP contribution in [0.5, 0.6) is 0 Å². The second-order valence-electron chi connectivity index (χ2n) is 2.14. The van der Waals surface area contributed by atoms with E-state index < -0.39 is 0 Å². The minimum Gasteiger partial charge on any atom is -0.373 e. The maximum Gasteiger partial charge on any atom is 0.156 e. The number of halogens is 2. The van der Waals surface area contributed by atoms with Gasteiger partial charge in [0.2, 0.25) is 0 Å². The summed E-state index contributed by atoms with van der Waals surface area (Å²) in [7, 11) is 1.75. The average Bonchev–Trinajstić information content (AvgIpc) is 2.18. The minimum absolute atomic E-state index is 0.332. The summed E-state index contributed by atoms with van der Waals surface area (Å²) in [5.74, 6) is 0.361. The Kier molecular flexibility index (Phi) is 5.62. The third-order valence-electron chi connectivity index (χ3n) is 1.44. The van der Waals surface area contributed by atoms with Crippen molar-refractivity contribution < 1.29 is 4.39 Å². The Bertz CT molecular complexity index is 277. The predicted octanol–water partition coefficient (Wildman–Crippen LogP) is 3.36. The van der Waals surface area contributed by atoms with Crippen molar-refractivity contribution in [3.63, 3.8) is 0 Å². The van der Waals surface area contributed by atoms with E-state index in [2.05, 4.69) is 26.2 Å². The molecule has 0 aromatic carbocycles. The summed E-state index contributed by atoms with van der Waals surface area (Å²) in [6, 6.07) is 0. The molecule has 2 nitrogen and oxygen atoms in total. The molecule has 0 aliphatic carbocycles. The van der Waals surface area contributed by atoms with Crippen molar-refractivity contribution in [1.29, 1.82) is 0 Å². The van der Waals surface area contributed by atoms with Crippen LogP contribution in [0.1, 0.15) is 19.4 Å². The van der Waals surface area contributed by atoms with Crippen LogP contribution in [0.15, 0.2) is 10.7 Å². The van der Waals surface area contributed by atoms with Gasteiger partial charge in [0.15, 0.2) is 5.82 Å². The van der Waals surface area contributed by atoms with Crippen molar-refractivity contribution in [3.8, 4) is 0 Å². The van der Waals surface area contributed by atoms with Gasteiger partial charge in [-0.15, -0.1) is 0 Å². The summed E-state index contributed by atoms with van der Waals surface area (Å²) in [4.78, 5) is 3.84. The first-order valence-corrected chi connectivity index (χ1v) is 4.94. The molecule has 1 N–H and O–H groups in total. The Balaban J connectivity index is 0.000000671. The van der Waals surface area contributed by atoms with Crippen LogP contribution in [0.4, 0.5) is 10.2 Å². The first-order chi connectivity index (χ1) is 6.16. The van der Waals surface area contributed by atoms with Crippen molar-refractivity contribution in [1.82, 2.24) is 4.98 Å². The largest absolute Gasteiger partial charge is 0.373 e. The maximum atomic E-state index is 12.8. The van der Waals surface area contributed by atoms with E-state index in [0.717, 1.165) is 5.56 Å². The van der Waals surface area contributed by atoms with Crippen LogP contribution in [-0.2, 0) is 0 Å². The zero-order valence-electron chi connectivity index (χ0n) is 8.28. The van der Waals surface area contributed by atoms with Gasteiger partial charge in [-0.1, -0.05) is 13.8 Å². The van der Waals surface area contributed by atoms with Crippen LogP contribution in [0.3, 0.4) is 0 Å². The summed E-state index contributed by atoms with van der Waals surface area (Å²) in [5.41, 5.74) is 0.785. The van der Waals surface area contributed by atoms with E-state index in [0.29, 0.717) is 10.3 Å². The van der Waals surface area contributed by atoms with Gasteiger partial charge in [-0.2, -0.15) is 0 Å². The Morgan fingerprint density at radius 3 is 2.46 bits per heavy atom. The molecule has 0 bridgehead atoms. The number of aromatic nitrogens is 1. The quantitative estimate of drug-likeness (QED) is 0.825. The molecule has 4 heteroatoms. The highest BCUT2D eigenvalue weighted by Crippen LogP contribution is 2.23. The van der Waals surface area contributed by atoms with Crippen molar-refractivity contribution in [2.45, 2.75) is 20.8 Å². The lowest BCUT2D eigenvalue weighted by atomic mass is 10.3. The third-order valence-corrected chi connectivity index (χ3v) is 2.41. The molecule has 13 heavy (non-hydrogen) atoms. The van der Waals surface area contributed by atoms with Gasteiger partial charge in [0.05, 0.1) is 10.7 Å². The zero-order chi connectivity index (χ0) is 10.4. The Morgan fingerprint density at radius 2 is 2.00 bits per heavy atom. The number of nitrogens with zero attached hydrogens (tertiary/aromatic N) is 1. The number of hydrogen-bond acceptors (Lipinski definition) is 2. The molecule has 0 aliphatic heterocycles. The lowest BCUT2D eigenvalue weighted by molar-refractivity contribution is 0.613. The van der Waals surface area contributed by atoms with Crippen LogP contribution >= 0.6 is 15.9 Å². The summed E-state index contributed by atoms with van der Waals surface area (Å²) in [6.45, 7) is 5.80. The van der Waals surface area contributed by atoms with Crippen LogP contribution < -0.4 is 5.32 Å². The number of pyridine rings is 1. The lowest BCUT2D eigenvalue weighted by Crippen LogP contribution is -1.97. The molecule has 0 spiro atoms. The molecule has 0 unspecified atom stereocenters. The lowest BCUT2D eigenvalue weighted by Gasteiger charge is -2.05. The molecular weight excluding hydrogens is 235 g/mol. The monoisotopic (exact) mass is 248 g/mol. The Hall–Kier alpha value is -0.640. The van der Waals surface area contributed by atoms with Gasteiger partial charge in [-0.25, -0.2) is 9.37 Å². The van der Waals surface area contributed by atoms with Crippen LogP contribution in [0.25, 0.3) is 0 Å². The highest BCUT2D eigenvalue weighted by atomic mass is 79.9. The highest BCUT2D eigenvalue weighted by Gasteiger charge is 2.06. The normalized spacial score (nSPS) is 8.77. The fourth-order valence-corrected chi connectivity index (χ4v) is 1.10. The highest BCUT2D eigenvalue weighted by molar-refractivity contribution is 9.10. The molecule has 1 aromatic heterocycles. The standard InChI is InChI=1S/C7H8BrFN2.C2H6/c1-4-6(8)5(9)3-11-7(4)10-2;1-2/h3H,1-2H3,(H,10,11);1-2H3. The van der Waals surface area contributed by atoms with E-state index in [4.69, 9.17) is 0 Å². The first kappa shape index (κ1) is 12.4. The maximum absolute atomic E-state index is 12.8. The molecule has 1 heterocycles. The summed E-state index contributed by atoms with van der Waals surface area (Å²) >= 11 is 3.12. The molecule has 0 atom stereocenters. The molecule has 0 aliphatic rings. The topological polar surface area (TPSA) is 24.9 Å². The van der Waals surface area contributed by atoms with Gasteiger partial charge in [-0.05, 0) is 22.9 Å². The molecule has 0 amide bonds. The van der Waals surface area contributed by atoms with Crippen molar-refractivity contribution in [3.05, 3.63) is 22.1 Å². The van der Waals surface area contributed by atoms with Crippen LogP contribution in [0.2, 0.25) is 0 Å². The Morgan fingerprint density at radius 1 is 1.46 bits per heavy atom. The van der Waals surface area contributed by atoms with Crippen molar-refractivity contribution in [2.75, 3.05) is 12.4 Å². The SMILES string of the molecule is CC.CNc1ncc(F)c(Br)c1C. The van der Waals surface area contributed by atoms with E-state index in [1.807, 2.05) is 13.8 Å². The van der Waals surface area contributed by atoms with Crippen LogP contribution in [0, 0.1) is 12.7 Å². The van der Waals surface area contributed by atoms with Gasteiger partial charge in [0, 0.05) is 12.6 Å². The van der Waals surface area contributed by atoms with E-state index in [9.17, 15) is 4.39 Å². The molecule has 1 aromatic rings. The van der Waals surface area contributed by atoms with E-state index in [1.54, 1.807) is 14.0 Å². The molecule has 1 rings (SSSR count). The summed E-state index contributed by atoms with van der Waals surface area (Å²) in [5, 5.41) is 2.86. The van der Waals surface area contributed by atoms with Crippen molar-refractivity contribution >= 4 is 21.7 Å². The number of anilines is 1. The average molecular weight is 249 g/mol. The molecule has 74 valence electrons. The van der Waals surface area contributed by atoms with E-state index in [1.165, 1.54) is 6.20 Å². The van der Waals surface area contributed by atoms with Crippen LogP contribution in [-0.4, -0.2) is 12.0 Å². The van der Waals surface area contributed by atoms with E-state index >= 15 is 0 Å². The predicted molar refractivity (Wildman–Crippen MR) is 57.5 cm³/mol. The second kappa shape index (κ2) is 5.91. The summed E-state index contributed by atoms with van der Waals surface area (Å²) < 4.78 is 13.2. The van der Waals surface area contributed by atoms with Gasteiger partial charge in [0.1, 0.15) is 5.82 Å². The molecule has 0 saturated heterocycles. The summed E-state index contributed by atoms with van der Waals surface area (Å²) in [6.07, 6.45) is 1.18. The van der Waals surface area contributed by atoms with Gasteiger partial charge in [0.25, 0.3) is 0 Å². The Labute approximate surface area is 86.7 Å². The number of nitrogens with one attached hydrogen (secondary N) is 1. The number of hydrogen-bond donors (Lipinski definition) is 1. The van der Waals surface area contributed by atoms with Gasteiger partial charge < -0.3 is 5.32 Å². The fraction of sp³-hybridized carbons (Fsp3) is 0.444. The first-order valence-electron chi connectivity index (χ1n) is 4.15.